The molecule has 1 aliphatic rings. The molecule has 6 nitrogen and oxygen atoms in total. The molecule has 0 spiro atoms. The van der Waals surface area contributed by atoms with Crippen LogP contribution in [0.5, 0.6) is 0 Å². The summed E-state index contributed by atoms with van der Waals surface area (Å²) in [6.07, 6.45) is 5.41. The topological polar surface area (TPSA) is 69.3 Å². The number of piperazine rings is 1. The third-order valence-corrected chi connectivity index (χ3v) is 5.47. The molecule has 1 saturated heterocycles. The molecule has 0 bridgehead atoms. The summed E-state index contributed by atoms with van der Waals surface area (Å²) < 4.78 is 0. The molecule has 0 atom stereocenters. The molecule has 1 fully saturated rings. The van der Waals surface area contributed by atoms with Crippen LogP contribution in [-0.2, 0) is 4.79 Å². The van der Waals surface area contributed by atoms with Crippen LogP contribution < -0.4 is 0 Å². The fraction of sp³-hybridized carbons (Fsp3) is 0.292. The first-order chi connectivity index (χ1) is 14.7. The van der Waals surface area contributed by atoms with Crippen molar-refractivity contribution in [2.75, 3.05) is 26.2 Å². The monoisotopic (exact) mass is 402 g/mol. The minimum absolute atomic E-state index is 0.0198. The quantitative estimate of drug-likeness (QED) is 0.705. The molecule has 2 heterocycles. The van der Waals surface area contributed by atoms with Crippen LogP contribution in [0.4, 0.5) is 0 Å². The normalized spacial score (nSPS) is 14.6. The first-order valence-electron chi connectivity index (χ1n) is 10.4. The average molecular weight is 402 g/mol. The summed E-state index contributed by atoms with van der Waals surface area (Å²) in [5.41, 5.74) is 3.58. The summed E-state index contributed by atoms with van der Waals surface area (Å²) in [4.78, 5) is 28.5. The molecule has 2 aromatic carbocycles. The van der Waals surface area contributed by atoms with Gasteiger partial charge in [0.25, 0.3) is 5.91 Å². The molecule has 0 radical (unpaired) electrons. The van der Waals surface area contributed by atoms with Crippen molar-refractivity contribution in [1.82, 2.24) is 20.0 Å². The van der Waals surface area contributed by atoms with Crippen LogP contribution >= 0.6 is 0 Å². The predicted molar refractivity (Wildman–Crippen MR) is 119 cm³/mol. The Morgan fingerprint density at radius 2 is 1.67 bits per heavy atom. The van der Waals surface area contributed by atoms with Crippen molar-refractivity contribution >= 4 is 34.9 Å². The lowest BCUT2D eigenvalue weighted by Crippen LogP contribution is -2.50. The second kappa shape index (κ2) is 8.95. The van der Waals surface area contributed by atoms with Crippen LogP contribution in [-0.4, -0.2) is 58.0 Å². The van der Waals surface area contributed by atoms with Gasteiger partial charge in [0.15, 0.2) is 0 Å². The van der Waals surface area contributed by atoms with Gasteiger partial charge in [0.1, 0.15) is 0 Å². The number of carbonyl (C=O) groups excluding carboxylic acids is 2. The van der Waals surface area contributed by atoms with Gasteiger partial charge in [0.2, 0.25) is 5.91 Å². The van der Waals surface area contributed by atoms with Crippen molar-refractivity contribution in [3.63, 3.8) is 0 Å². The number of H-pyrrole nitrogens is 1. The van der Waals surface area contributed by atoms with Crippen LogP contribution in [0.15, 0.2) is 48.5 Å². The van der Waals surface area contributed by atoms with Crippen LogP contribution in [0.2, 0.25) is 0 Å². The highest BCUT2D eigenvalue weighted by Crippen LogP contribution is 2.18. The minimum Gasteiger partial charge on any atom is -0.339 e. The summed E-state index contributed by atoms with van der Waals surface area (Å²) >= 11 is 0. The van der Waals surface area contributed by atoms with E-state index in [0.717, 1.165) is 28.6 Å². The number of benzene rings is 2. The molecule has 0 aliphatic carbocycles. The van der Waals surface area contributed by atoms with E-state index in [2.05, 4.69) is 10.2 Å². The van der Waals surface area contributed by atoms with Crippen molar-refractivity contribution in [3.8, 4) is 0 Å². The maximum Gasteiger partial charge on any atom is 0.253 e. The van der Waals surface area contributed by atoms with E-state index in [9.17, 15) is 9.59 Å². The summed E-state index contributed by atoms with van der Waals surface area (Å²) in [5, 5.41) is 8.45. The van der Waals surface area contributed by atoms with Gasteiger partial charge in [0, 0.05) is 43.5 Å². The largest absolute Gasteiger partial charge is 0.339 e. The zero-order valence-corrected chi connectivity index (χ0v) is 17.2. The Morgan fingerprint density at radius 3 is 2.40 bits per heavy atom. The zero-order valence-electron chi connectivity index (χ0n) is 17.2. The number of rotatable bonds is 5. The fourth-order valence-corrected chi connectivity index (χ4v) is 3.74. The van der Waals surface area contributed by atoms with Crippen LogP contribution in [0.1, 0.15) is 41.4 Å². The lowest BCUT2D eigenvalue weighted by molar-refractivity contribution is -0.132. The number of hydrogen-bond donors (Lipinski definition) is 1. The smallest absolute Gasteiger partial charge is 0.253 e. The van der Waals surface area contributed by atoms with E-state index in [1.165, 1.54) is 0 Å². The van der Waals surface area contributed by atoms with Gasteiger partial charge in [-0.2, -0.15) is 5.10 Å². The molecule has 1 aromatic heterocycles. The molecule has 3 aromatic rings. The molecule has 1 N–H and O–H groups in total. The average Bonchev–Trinajstić information content (AvgIpc) is 3.21. The molecular weight excluding hydrogens is 376 g/mol. The number of aromatic amines is 1. The van der Waals surface area contributed by atoms with Gasteiger partial charge in [-0.25, -0.2) is 0 Å². The standard InChI is InChI=1S/C24H26N4O2/c1-2-5-23(29)27-14-16-28(17-15-27)24(30)19-11-8-18(9-12-19)10-13-22-20-6-3-4-7-21(20)25-26-22/h3-4,6-13H,2,5,14-17H2,1H3,(H,25,26). The molecular formula is C24H26N4O2. The van der Waals surface area contributed by atoms with E-state index >= 15 is 0 Å². The summed E-state index contributed by atoms with van der Waals surface area (Å²) in [7, 11) is 0. The van der Waals surface area contributed by atoms with Crippen LogP contribution in [0, 0.1) is 0 Å². The van der Waals surface area contributed by atoms with Gasteiger partial charge in [-0.1, -0.05) is 43.3 Å². The molecule has 1 aliphatic heterocycles. The lowest BCUT2D eigenvalue weighted by atomic mass is 10.1. The van der Waals surface area contributed by atoms with Crippen LogP contribution in [0.25, 0.3) is 23.1 Å². The van der Waals surface area contributed by atoms with Crippen molar-refractivity contribution in [2.24, 2.45) is 0 Å². The second-order valence-electron chi connectivity index (χ2n) is 7.53. The molecule has 30 heavy (non-hydrogen) atoms. The lowest BCUT2D eigenvalue weighted by Gasteiger charge is -2.34. The molecule has 154 valence electrons. The van der Waals surface area contributed by atoms with Gasteiger partial charge in [-0.05, 0) is 36.3 Å². The van der Waals surface area contributed by atoms with Gasteiger partial charge in [0.05, 0.1) is 11.2 Å². The first-order valence-corrected chi connectivity index (χ1v) is 10.4. The van der Waals surface area contributed by atoms with E-state index in [1.54, 1.807) is 0 Å². The van der Waals surface area contributed by atoms with Gasteiger partial charge in [-0.3, -0.25) is 14.7 Å². The Labute approximate surface area is 176 Å². The second-order valence-corrected chi connectivity index (χ2v) is 7.53. The molecule has 4 rings (SSSR count). The third-order valence-electron chi connectivity index (χ3n) is 5.47. The fourth-order valence-electron chi connectivity index (χ4n) is 3.74. The van der Waals surface area contributed by atoms with E-state index in [-0.39, 0.29) is 11.8 Å². The highest BCUT2D eigenvalue weighted by Gasteiger charge is 2.24. The zero-order chi connectivity index (χ0) is 20.9. The number of hydrogen-bond acceptors (Lipinski definition) is 3. The predicted octanol–water partition coefficient (Wildman–Crippen LogP) is 3.82. The Bertz CT molecular complexity index is 1060. The van der Waals surface area contributed by atoms with E-state index < -0.39 is 0 Å². The van der Waals surface area contributed by atoms with Crippen molar-refractivity contribution < 1.29 is 9.59 Å². The highest BCUT2D eigenvalue weighted by atomic mass is 16.2. The number of fused-ring (bicyclic) bond motifs is 1. The summed E-state index contributed by atoms with van der Waals surface area (Å²) in [6.45, 7) is 4.41. The minimum atomic E-state index is 0.0198. The van der Waals surface area contributed by atoms with Crippen molar-refractivity contribution in [1.29, 1.82) is 0 Å². The number of carbonyl (C=O) groups is 2. The molecule has 0 saturated carbocycles. The molecule has 2 amide bonds. The Hall–Kier alpha value is -3.41. The molecule has 0 unspecified atom stereocenters. The number of para-hydroxylation sites is 1. The first kappa shape index (κ1) is 19.9. The van der Waals surface area contributed by atoms with E-state index in [4.69, 9.17) is 0 Å². The number of nitrogens with one attached hydrogen (secondary N) is 1. The van der Waals surface area contributed by atoms with Gasteiger partial charge < -0.3 is 9.80 Å². The highest BCUT2D eigenvalue weighted by molar-refractivity contribution is 5.95. The summed E-state index contributed by atoms with van der Waals surface area (Å²) in [6, 6.07) is 15.6. The number of aromatic nitrogens is 2. The SMILES string of the molecule is CCCC(=O)N1CCN(C(=O)c2ccc(C=Cc3n[nH]c4ccccc34)cc2)CC1. The van der Waals surface area contributed by atoms with Crippen molar-refractivity contribution in [2.45, 2.75) is 19.8 Å². The van der Waals surface area contributed by atoms with E-state index in [0.29, 0.717) is 38.2 Å². The van der Waals surface area contributed by atoms with Crippen LogP contribution in [0.3, 0.4) is 0 Å². The van der Waals surface area contributed by atoms with Gasteiger partial charge >= 0.3 is 0 Å². The third kappa shape index (κ3) is 4.27. The number of amides is 2. The Kier molecular flexibility index (Phi) is 5.93. The Balaban J connectivity index is 1.38. The number of nitrogens with zero attached hydrogens (tertiary/aromatic N) is 3. The summed E-state index contributed by atoms with van der Waals surface area (Å²) in [5.74, 6) is 0.205. The Morgan fingerprint density at radius 1 is 0.967 bits per heavy atom. The molecule has 6 heteroatoms. The maximum absolute atomic E-state index is 12.8. The van der Waals surface area contributed by atoms with E-state index in [1.807, 2.05) is 77.4 Å². The van der Waals surface area contributed by atoms with Gasteiger partial charge in [-0.15, -0.1) is 0 Å². The maximum atomic E-state index is 12.8. The van der Waals surface area contributed by atoms with Crippen molar-refractivity contribution in [3.05, 3.63) is 65.4 Å².